The van der Waals surface area contributed by atoms with Gasteiger partial charge in [-0.1, -0.05) is 12.1 Å². The zero-order valence-electron chi connectivity index (χ0n) is 15.8. The van der Waals surface area contributed by atoms with Crippen LogP contribution in [-0.4, -0.2) is 22.4 Å². The van der Waals surface area contributed by atoms with Crippen molar-refractivity contribution in [2.45, 2.75) is 0 Å². The molecule has 1 aromatic carbocycles. The molecule has 0 spiro atoms. The lowest BCUT2D eigenvalue weighted by molar-refractivity contribution is 0.0994. The Kier molecular flexibility index (Phi) is 6.82. The van der Waals surface area contributed by atoms with Gasteiger partial charge in [-0.2, -0.15) is 0 Å². The summed E-state index contributed by atoms with van der Waals surface area (Å²) in [5.41, 5.74) is 9.40. The molecule has 2 aromatic heterocycles. The number of nitrogens with two attached hydrogens (primary N) is 1. The minimum atomic E-state index is -0.788. The van der Waals surface area contributed by atoms with Crippen molar-refractivity contribution in [2.24, 2.45) is 0 Å². The van der Waals surface area contributed by atoms with Crippen LogP contribution in [0.15, 0.2) is 79.1 Å². The van der Waals surface area contributed by atoms with E-state index in [9.17, 15) is 13.6 Å². The summed E-state index contributed by atoms with van der Waals surface area (Å²) in [5.74, 6) is -2.10. The molecule has 2 N–H and O–H groups in total. The van der Waals surface area contributed by atoms with Gasteiger partial charge in [0, 0.05) is 30.6 Å². The van der Waals surface area contributed by atoms with Gasteiger partial charge in [0.2, 0.25) is 0 Å². The first kappa shape index (κ1) is 21.1. The van der Waals surface area contributed by atoms with Gasteiger partial charge < -0.3 is 10.6 Å². The van der Waals surface area contributed by atoms with Gasteiger partial charge in [-0.15, -0.1) is 17.9 Å². The maximum atomic E-state index is 13.7. The molecule has 0 aliphatic carbocycles. The lowest BCUT2D eigenvalue weighted by Gasteiger charge is -2.21. The zero-order valence-corrected chi connectivity index (χ0v) is 16.7. The third-order valence-corrected chi connectivity index (χ3v) is 4.90. The summed E-state index contributed by atoms with van der Waals surface area (Å²) >= 11 is 1.02. The molecule has 2 heterocycles. The Bertz CT molecular complexity index is 1100. The first-order valence-corrected chi connectivity index (χ1v) is 9.74. The van der Waals surface area contributed by atoms with Gasteiger partial charge in [-0.25, -0.2) is 13.8 Å². The summed E-state index contributed by atoms with van der Waals surface area (Å²) in [7, 11) is 0. The van der Waals surface area contributed by atoms with E-state index in [0.29, 0.717) is 5.69 Å². The van der Waals surface area contributed by atoms with Crippen LogP contribution in [0.25, 0.3) is 11.3 Å². The molecule has 0 bridgehead atoms. The molecule has 0 radical (unpaired) electrons. The highest BCUT2D eigenvalue weighted by molar-refractivity contribution is 7.12. The number of rotatable bonds is 5. The second kappa shape index (κ2) is 9.71. The fourth-order valence-corrected chi connectivity index (χ4v) is 3.37. The summed E-state index contributed by atoms with van der Waals surface area (Å²) in [4.78, 5) is 23.0. The van der Waals surface area contributed by atoms with E-state index >= 15 is 0 Å². The van der Waals surface area contributed by atoms with Crippen molar-refractivity contribution in [1.29, 1.82) is 0 Å². The topological polar surface area (TPSA) is 72.1 Å². The average molecular weight is 424 g/mol. The van der Waals surface area contributed by atoms with E-state index in [1.807, 2.05) is 12.1 Å². The Balaban J connectivity index is 2.06. The van der Waals surface area contributed by atoms with Crippen LogP contribution in [0.1, 0.15) is 9.67 Å². The molecule has 0 unspecified atom stereocenters. The maximum absolute atomic E-state index is 13.7. The highest BCUT2D eigenvalue weighted by Gasteiger charge is 2.20. The molecule has 0 saturated heterocycles. The number of hydrogen-bond acceptors (Lipinski definition) is 5. The number of amides is 1. The molecule has 0 fully saturated rings. The number of aromatic nitrogens is 2. The predicted octanol–water partition coefficient (Wildman–Crippen LogP) is 5.02. The van der Waals surface area contributed by atoms with Crippen molar-refractivity contribution in [2.75, 3.05) is 17.2 Å². The third-order valence-electron chi connectivity index (χ3n) is 4.04. The number of pyridine rings is 1. The van der Waals surface area contributed by atoms with Gasteiger partial charge in [-0.3, -0.25) is 9.78 Å². The summed E-state index contributed by atoms with van der Waals surface area (Å²) in [6, 6.07) is 11.5. The molecular weight excluding hydrogens is 406 g/mol. The molecular formula is C22H18F2N4OS. The Morgan fingerprint density at radius 2 is 1.83 bits per heavy atom. The van der Waals surface area contributed by atoms with Crippen LogP contribution >= 0.6 is 11.3 Å². The van der Waals surface area contributed by atoms with Gasteiger partial charge in [0.25, 0.3) is 5.91 Å². The van der Waals surface area contributed by atoms with E-state index in [2.05, 4.69) is 16.5 Å². The molecule has 30 heavy (non-hydrogen) atoms. The average Bonchev–Trinajstić information content (AvgIpc) is 2.82. The fourth-order valence-electron chi connectivity index (χ4n) is 2.69. The number of carbonyl (C=O) groups excluding carboxylic acids is 1. The second-order valence-electron chi connectivity index (χ2n) is 6.12. The number of nitrogen functional groups attached to an aromatic ring is 1. The van der Waals surface area contributed by atoms with Crippen LogP contribution in [-0.2, 0) is 0 Å². The van der Waals surface area contributed by atoms with Crippen molar-refractivity contribution in [1.82, 2.24) is 9.97 Å². The number of anilines is 2. The summed E-state index contributed by atoms with van der Waals surface area (Å²) in [6.45, 7) is 3.66. The smallest absolute Gasteiger partial charge is 0.270 e. The van der Waals surface area contributed by atoms with Crippen molar-refractivity contribution in [3.63, 3.8) is 0 Å². The zero-order chi connectivity index (χ0) is 21.5. The number of benzene rings is 1. The Labute approximate surface area is 176 Å². The first-order chi connectivity index (χ1) is 14.5. The fraction of sp³-hybridized carbons (Fsp3) is 0.0455. The number of carbonyl (C=O) groups is 1. The van der Waals surface area contributed by atoms with Crippen molar-refractivity contribution in [3.8, 4) is 11.3 Å². The van der Waals surface area contributed by atoms with Gasteiger partial charge in [-0.05, 0) is 36.4 Å². The standard InChI is InChI=1S/C22H18F2N4OS/c1-2-10-28(18-12-16(23)11-17(24)13-18)22(29)21-19(25)4-3-5-20(27-14-30-21)15-6-8-26-9-7-15/h2-9,11-14H,1,10,25H2. The third kappa shape index (κ3) is 5.03. The van der Waals surface area contributed by atoms with E-state index in [4.69, 9.17) is 5.73 Å². The summed E-state index contributed by atoms with van der Waals surface area (Å²) in [5, 5.41) is 0. The van der Waals surface area contributed by atoms with Crippen LogP contribution in [0.2, 0.25) is 0 Å². The Morgan fingerprint density at radius 1 is 1.13 bits per heavy atom. The van der Waals surface area contributed by atoms with Crippen molar-refractivity contribution in [3.05, 3.63) is 95.6 Å². The maximum Gasteiger partial charge on any atom is 0.270 e. The van der Waals surface area contributed by atoms with E-state index in [1.54, 1.807) is 30.6 Å². The van der Waals surface area contributed by atoms with Gasteiger partial charge in [0.15, 0.2) is 0 Å². The molecule has 0 aliphatic heterocycles. The highest BCUT2D eigenvalue weighted by Crippen LogP contribution is 2.24. The summed E-state index contributed by atoms with van der Waals surface area (Å²) < 4.78 is 27.4. The summed E-state index contributed by atoms with van der Waals surface area (Å²) in [6.07, 6.45) is 4.77. The second-order valence-corrected chi connectivity index (χ2v) is 6.97. The molecule has 8 heteroatoms. The van der Waals surface area contributed by atoms with Crippen LogP contribution in [0.5, 0.6) is 0 Å². The SMILES string of the molecule is C=CCN(C(=O)c1scnc(-c2ccncc2)cccc1N)c1cc(F)cc(F)c1. The quantitative estimate of drug-likeness (QED) is 0.584. The van der Waals surface area contributed by atoms with Crippen LogP contribution in [0, 0.1) is 11.6 Å². The minimum Gasteiger partial charge on any atom is -0.397 e. The van der Waals surface area contributed by atoms with Crippen LogP contribution in [0.3, 0.4) is 0 Å². The largest absolute Gasteiger partial charge is 0.397 e. The first-order valence-electron chi connectivity index (χ1n) is 8.86. The van der Waals surface area contributed by atoms with E-state index in [-0.39, 0.29) is 22.8 Å². The van der Waals surface area contributed by atoms with Crippen molar-refractivity contribution >= 4 is 28.6 Å². The van der Waals surface area contributed by atoms with Crippen molar-refractivity contribution < 1.29 is 13.6 Å². The molecule has 5 nitrogen and oxygen atoms in total. The van der Waals surface area contributed by atoms with E-state index in [1.165, 1.54) is 16.5 Å². The van der Waals surface area contributed by atoms with Gasteiger partial charge >= 0.3 is 0 Å². The normalized spacial score (nSPS) is 10.2. The number of nitrogens with zero attached hydrogens (tertiary/aromatic N) is 3. The Morgan fingerprint density at radius 3 is 2.50 bits per heavy atom. The monoisotopic (exact) mass is 424 g/mol. The lowest BCUT2D eigenvalue weighted by atomic mass is 10.2. The van der Waals surface area contributed by atoms with E-state index < -0.39 is 17.5 Å². The van der Waals surface area contributed by atoms with Gasteiger partial charge in [0.1, 0.15) is 16.5 Å². The molecule has 3 aromatic rings. The van der Waals surface area contributed by atoms with Crippen LogP contribution in [0.4, 0.5) is 20.2 Å². The molecule has 0 atom stereocenters. The molecule has 0 aliphatic rings. The Hall–Kier alpha value is -3.65. The van der Waals surface area contributed by atoms with Gasteiger partial charge in [0.05, 0.1) is 22.6 Å². The number of hydrogen-bond donors (Lipinski definition) is 1. The molecule has 3 rings (SSSR count). The number of halogens is 2. The molecule has 1 amide bonds. The van der Waals surface area contributed by atoms with E-state index in [0.717, 1.165) is 35.1 Å². The predicted molar refractivity (Wildman–Crippen MR) is 116 cm³/mol. The lowest BCUT2D eigenvalue weighted by Crippen LogP contribution is -2.31. The minimum absolute atomic E-state index is 0.0421. The molecule has 152 valence electrons. The van der Waals surface area contributed by atoms with Crippen LogP contribution < -0.4 is 10.6 Å². The molecule has 0 saturated carbocycles. The highest BCUT2D eigenvalue weighted by atomic mass is 32.1.